The summed E-state index contributed by atoms with van der Waals surface area (Å²) < 4.78 is 0. The molecule has 1 aromatic heterocycles. The molecule has 2 atom stereocenters. The molecule has 1 aromatic rings. The summed E-state index contributed by atoms with van der Waals surface area (Å²) in [6, 6.07) is 4.03. The predicted octanol–water partition coefficient (Wildman–Crippen LogP) is 5.32. The van der Waals surface area contributed by atoms with E-state index in [1.165, 1.54) is 0 Å². The number of hydrogen-bond acceptors (Lipinski definition) is 5. The fourth-order valence-corrected chi connectivity index (χ4v) is 4.50. The van der Waals surface area contributed by atoms with Gasteiger partial charge in [-0.05, 0) is 42.7 Å². The van der Waals surface area contributed by atoms with Gasteiger partial charge in [-0.25, -0.2) is 0 Å². The molecule has 0 aliphatic carbocycles. The van der Waals surface area contributed by atoms with Gasteiger partial charge in [0.05, 0.1) is 16.5 Å². The Morgan fingerprint density at radius 1 is 1.41 bits per heavy atom. The number of halogens is 1. The van der Waals surface area contributed by atoms with Crippen molar-refractivity contribution in [3.8, 4) is 0 Å². The van der Waals surface area contributed by atoms with Crippen LogP contribution >= 0.6 is 22.9 Å². The number of rotatable bonds is 6. The van der Waals surface area contributed by atoms with Crippen molar-refractivity contribution >= 4 is 41.3 Å². The summed E-state index contributed by atoms with van der Waals surface area (Å²) in [4.78, 5) is 31.1. The maximum atomic E-state index is 11.9. The molecule has 0 bridgehead atoms. The predicted molar refractivity (Wildman–Crippen MR) is 114 cm³/mol. The van der Waals surface area contributed by atoms with Crippen molar-refractivity contribution in [3.63, 3.8) is 0 Å². The van der Waals surface area contributed by atoms with Gasteiger partial charge in [0.15, 0.2) is 0 Å². The SMILES string of the molecule is C=N/C(=C\C(=C)Cl)c1ccc(CN2CC(C(=O)N=O)CC(C(C)(C)C)C2)s1. The highest BCUT2D eigenvalue weighted by Gasteiger charge is 2.37. The van der Waals surface area contributed by atoms with E-state index in [2.05, 4.69) is 49.1 Å². The van der Waals surface area contributed by atoms with E-state index in [4.69, 9.17) is 11.6 Å². The molecular formula is C20H26ClN3O2S. The van der Waals surface area contributed by atoms with Gasteiger partial charge in [0.2, 0.25) is 0 Å². The lowest BCUT2D eigenvalue weighted by Crippen LogP contribution is -2.46. The number of likely N-dealkylation sites (tertiary alicyclic amines) is 1. The van der Waals surface area contributed by atoms with Crippen LogP contribution in [0.3, 0.4) is 0 Å². The quantitative estimate of drug-likeness (QED) is 0.364. The number of nitroso groups, excluding NO2 is 1. The number of allylic oxidation sites excluding steroid dienone is 2. The van der Waals surface area contributed by atoms with Crippen LogP contribution in [0.15, 0.2) is 40.0 Å². The van der Waals surface area contributed by atoms with Gasteiger partial charge in [0.25, 0.3) is 5.91 Å². The molecule has 5 nitrogen and oxygen atoms in total. The van der Waals surface area contributed by atoms with Crippen molar-refractivity contribution in [2.45, 2.75) is 33.7 Å². The zero-order chi connectivity index (χ0) is 20.2. The van der Waals surface area contributed by atoms with Gasteiger partial charge in [-0.2, -0.15) is 0 Å². The van der Waals surface area contributed by atoms with Crippen LogP contribution in [0.5, 0.6) is 0 Å². The molecule has 1 saturated heterocycles. The maximum Gasteiger partial charge on any atom is 0.290 e. The first-order valence-corrected chi connectivity index (χ1v) is 10.0. The van der Waals surface area contributed by atoms with E-state index in [0.29, 0.717) is 36.2 Å². The van der Waals surface area contributed by atoms with E-state index in [0.717, 1.165) is 16.3 Å². The first-order chi connectivity index (χ1) is 12.6. The van der Waals surface area contributed by atoms with Crippen molar-refractivity contribution in [2.24, 2.45) is 27.4 Å². The largest absolute Gasteiger partial charge is 0.297 e. The Bertz CT molecular complexity index is 764. The Labute approximate surface area is 169 Å². The van der Waals surface area contributed by atoms with E-state index >= 15 is 0 Å². The molecule has 27 heavy (non-hydrogen) atoms. The molecule has 1 fully saturated rings. The summed E-state index contributed by atoms with van der Waals surface area (Å²) in [6.07, 6.45) is 2.40. The molecular weight excluding hydrogens is 382 g/mol. The van der Waals surface area contributed by atoms with Gasteiger partial charge in [-0.1, -0.05) is 39.0 Å². The highest BCUT2D eigenvalue weighted by molar-refractivity contribution is 7.13. The third kappa shape index (κ3) is 5.92. The Morgan fingerprint density at radius 3 is 2.67 bits per heavy atom. The van der Waals surface area contributed by atoms with E-state index in [9.17, 15) is 9.70 Å². The van der Waals surface area contributed by atoms with E-state index in [1.54, 1.807) is 17.4 Å². The van der Waals surface area contributed by atoms with Gasteiger partial charge >= 0.3 is 0 Å². The van der Waals surface area contributed by atoms with Gasteiger partial charge in [0.1, 0.15) is 0 Å². The van der Waals surface area contributed by atoms with Gasteiger partial charge < -0.3 is 0 Å². The van der Waals surface area contributed by atoms with Crippen molar-refractivity contribution in [2.75, 3.05) is 13.1 Å². The molecule has 0 N–H and O–H groups in total. The average Bonchev–Trinajstić information content (AvgIpc) is 3.05. The molecule has 1 aliphatic rings. The van der Waals surface area contributed by atoms with E-state index in [-0.39, 0.29) is 11.3 Å². The first kappa shape index (κ1) is 21.7. The van der Waals surface area contributed by atoms with E-state index in [1.807, 2.05) is 12.1 Å². The smallest absolute Gasteiger partial charge is 0.290 e. The van der Waals surface area contributed by atoms with Crippen LogP contribution in [-0.2, 0) is 11.3 Å². The third-order valence-corrected chi connectivity index (χ3v) is 6.15. The number of thiophene rings is 1. The summed E-state index contributed by atoms with van der Waals surface area (Å²) in [5, 5.41) is 3.08. The second-order valence-corrected chi connectivity index (χ2v) is 9.67. The van der Waals surface area contributed by atoms with Crippen LogP contribution in [0.25, 0.3) is 5.70 Å². The van der Waals surface area contributed by atoms with Crippen molar-refractivity contribution in [3.05, 3.63) is 44.5 Å². The maximum absolute atomic E-state index is 11.9. The summed E-state index contributed by atoms with van der Waals surface area (Å²) >= 11 is 7.46. The minimum Gasteiger partial charge on any atom is -0.297 e. The molecule has 146 valence electrons. The number of piperidine rings is 1. The Morgan fingerprint density at radius 2 is 2.11 bits per heavy atom. The summed E-state index contributed by atoms with van der Waals surface area (Å²) in [6.45, 7) is 15.9. The second kappa shape index (κ2) is 9.04. The number of carbonyl (C=O) groups excluding carboxylic acids is 1. The molecule has 0 aromatic carbocycles. The fraction of sp³-hybridized carbons (Fsp3) is 0.500. The molecule has 7 heteroatoms. The van der Waals surface area contributed by atoms with E-state index < -0.39 is 5.91 Å². The topological polar surface area (TPSA) is 62.1 Å². The van der Waals surface area contributed by atoms with Crippen LogP contribution in [0.4, 0.5) is 0 Å². The second-order valence-electron chi connectivity index (χ2n) is 8.02. The summed E-state index contributed by atoms with van der Waals surface area (Å²) in [7, 11) is 0. The van der Waals surface area contributed by atoms with Gasteiger partial charge in [0, 0.05) is 34.7 Å². The lowest BCUT2D eigenvalue weighted by Gasteiger charge is -2.42. The molecule has 1 aliphatic heterocycles. The van der Waals surface area contributed by atoms with Crippen molar-refractivity contribution in [1.29, 1.82) is 0 Å². The Kier molecular flexibility index (Phi) is 7.25. The monoisotopic (exact) mass is 407 g/mol. The average molecular weight is 408 g/mol. The molecule has 1 amide bonds. The van der Waals surface area contributed by atoms with Gasteiger partial charge in [-0.3, -0.25) is 14.7 Å². The van der Waals surface area contributed by atoms with Crippen LogP contribution in [0, 0.1) is 22.2 Å². The van der Waals surface area contributed by atoms with Crippen LogP contribution in [0.2, 0.25) is 0 Å². The molecule has 2 rings (SSSR count). The highest BCUT2D eigenvalue weighted by Crippen LogP contribution is 2.37. The first-order valence-electron chi connectivity index (χ1n) is 8.85. The lowest BCUT2D eigenvalue weighted by atomic mass is 9.73. The fourth-order valence-electron chi connectivity index (χ4n) is 3.36. The summed E-state index contributed by atoms with van der Waals surface area (Å²) in [5.41, 5.74) is 0.750. The molecule has 0 radical (unpaired) electrons. The van der Waals surface area contributed by atoms with Gasteiger partial charge in [-0.15, -0.1) is 16.2 Å². The van der Waals surface area contributed by atoms with Crippen LogP contribution in [-0.4, -0.2) is 30.6 Å². The standard InChI is InChI=1S/C20H26ClN3O2S/c1-13(21)8-17(22-5)18-7-6-16(27-18)12-24-10-14(19(25)23-26)9-15(11-24)20(2,3)4/h6-8,14-15H,1,5,9-12H2,2-4H3/b17-8-. The molecule has 0 spiro atoms. The summed E-state index contributed by atoms with van der Waals surface area (Å²) in [5.74, 6) is -0.543. The minimum absolute atomic E-state index is 0.0596. The Hall–Kier alpha value is -1.63. The number of carbonyl (C=O) groups is 1. The zero-order valence-electron chi connectivity index (χ0n) is 16.1. The van der Waals surface area contributed by atoms with Crippen LogP contribution in [0.1, 0.15) is 36.9 Å². The molecule has 0 saturated carbocycles. The number of hydrogen-bond donors (Lipinski definition) is 0. The van der Waals surface area contributed by atoms with Crippen LogP contribution < -0.4 is 0 Å². The molecule has 2 heterocycles. The molecule has 2 unspecified atom stereocenters. The zero-order valence-corrected chi connectivity index (χ0v) is 17.6. The van der Waals surface area contributed by atoms with Crippen molar-refractivity contribution < 1.29 is 4.79 Å². The minimum atomic E-state index is -0.539. The lowest BCUT2D eigenvalue weighted by molar-refractivity contribution is -0.125. The third-order valence-electron chi connectivity index (χ3n) is 4.95. The number of amides is 1. The van der Waals surface area contributed by atoms with Crippen molar-refractivity contribution in [1.82, 2.24) is 4.90 Å². The highest BCUT2D eigenvalue weighted by atomic mass is 35.5. The number of aliphatic imine (C=N–C) groups is 1. The number of nitrogens with zero attached hydrogens (tertiary/aromatic N) is 3. The normalized spacial score (nSPS) is 21.7. The Balaban J connectivity index is 2.17.